The van der Waals surface area contributed by atoms with Crippen LogP contribution in [0.4, 0.5) is 8.78 Å². The molecular formula is C18H22F2O. The maximum atomic E-state index is 13.9. The van der Waals surface area contributed by atoms with Crippen LogP contribution in [0.1, 0.15) is 61.4 Å². The number of carbonyl (C=O) groups is 1. The van der Waals surface area contributed by atoms with Crippen molar-refractivity contribution in [1.82, 2.24) is 0 Å². The standard InChI is InChI=1S/C18H22F2O/c1-2-3-11-4-6-12(7-5-11)14-10-13-8-9-15(19)17(20)16(13)18(14)21/h8-9,11-12,14H,2-7,10H2,1H3. The smallest absolute Gasteiger partial charge is 0.169 e. The first-order chi connectivity index (χ1) is 10.1. The zero-order chi connectivity index (χ0) is 15.0. The molecule has 1 saturated carbocycles. The van der Waals surface area contributed by atoms with Crippen LogP contribution in [0.25, 0.3) is 0 Å². The van der Waals surface area contributed by atoms with Crippen molar-refractivity contribution in [3.8, 4) is 0 Å². The van der Waals surface area contributed by atoms with E-state index in [0.717, 1.165) is 24.8 Å². The van der Waals surface area contributed by atoms with Crippen molar-refractivity contribution in [3.05, 3.63) is 34.9 Å². The molecule has 0 aromatic heterocycles. The van der Waals surface area contributed by atoms with Crippen LogP contribution in [0.15, 0.2) is 12.1 Å². The molecule has 0 aliphatic heterocycles. The van der Waals surface area contributed by atoms with Gasteiger partial charge in [-0.2, -0.15) is 0 Å². The van der Waals surface area contributed by atoms with Crippen molar-refractivity contribution in [3.63, 3.8) is 0 Å². The second kappa shape index (κ2) is 5.86. The van der Waals surface area contributed by atoms with Gasteiger partial charge in [-0.1, -0.05) is 38.7 Å². The number of benzene rings is 1. The Hall–Kier alpha value is -1.25. The quantitative estimate of drug-likeness (QED) is 0.772. The summed E-state index contributed by atoms with van der Waals surface area (Å²) in [5, 5.41) is 0. The lowest BCUT2D eigenvalue weighted by atomic mass is 9.73. The van der Waals surface area contributed by atoms with Crippen LogP contribution in [0.3, 0.4) is 0 Å². The molecule has 0 spiro atoms. The highest BCUT2D eigenvalue weighted by Gasteiger charge is 2.39. The molecule has 1 aromatic rings. The molecule has 0 radical (unpaired) electrons. The normalized spacial score (nSPS) is 28.7. The number of hydrogen-bond donors (Lipinski definition) is 0. The van der Waals surface area contributed by atoms with Gasteiger partial charge in [-0.05, 0) is 42.7 Å². The second-order valence-electron chi connectivity index (χ2n) is 6.64. The summed E-state index contributed by atoms with van der Waals surface area (Å²) in [6, 6.07) is 2.72. The molecule has 114 valence electrons. The minimum atomic E-state index is -0.945. The Morgan fingerprint density at radius 2 is 1.86 bits per heavy atom. The zero-order valence-corrected chi connectivity index (χ0v) is 12.5. The summed E-state index contributed by atoms with van der Waals surface area (Å²) in [5.41, 5.74) is 0.718. The Morgan fingerprint density at radius 1 is 1.14 bits per heavy atom. The Labute approximate surface area is 124 Å². The van der Waals surface area contributed by atoms with Crippen LogP contribution in [0.2, 0.25) is 0 Å². The van der Waals surface area contributed by atoms with Crippen LogP contribution in [0.5, 0.6) is 0 Å². The van der Waals surface area contributed by atoms with Gasteiger partial charge < -0.3 is 0 Å². The SMILES string of the molecule is CCCC1CCC(C2Cc3ccc(F)c(F)c3C2=O)CC1. The van der Waals surface area contributed by atoms with E-state index in [1.54, 1.807) is 6.07 Å². The minimum Gasteiger partial charge on any atom is -0.294 e. The lowest BCUT2D eigenvalue weighted by Crippen LogP contribution is -2.26. The first-order valence-corrected chi connectivity index (χ1v) is 8.12. The highest BCUT2D eigenvalue weighted by Crippen LogP contribution is 2.41. The topological polar surface area (TPSA) is 17.1 Å². The van der Waals surface area contributed by atoms with E-state index < -0.39 is 11.6 Å². The molecule has 3 rings (SSSR count). The van der Waals surface area contributed by atoms with Gasteiger partial charge >= 0.3 is 0 Å². The Morgan fingerprint density at radius 3 is 2.52 bits per heavy atom. The molecule has 3 heteroatoms. The summed E-state index contributed by atoms with van der Waals surface area (Å²) in [6.07, 6.45) is 7.54. The zero-order valence-electron chi connectivity index (χ0n) is 12.5. The molecule has 1 unspecified atom stereocenters. The maximum Gasteiger partial charge on any atom is 0.169 e. The van der Waals surface area contributed by atoms with E-state index in [4.69, 9.17) is 0 Å². The summed E-state index contributed by atoms with van der Waals surface area (Å²) < 4.78 is 27.2. The third-order valence-corrected chi connectivity index (χ3v) is 5.36. The highest BCUT2D eigenvalue weighted by atomic mass is 19.2. The number of Topliss-reactive ketones (excluding diaryl/α,β-unsaturated/α-hetero) is 1. The number of carbonyl (C=O) groups excluding carboxylic acids is 1. The molecule has 2 aliphatic carbocycles. The van der Waals surface area contributed by atoms with Gasteiger partial charge in [0.25, 0.3) is 0 Å². The van der Waals surface area contributed by atoms with Gasteiger partial charge in [0.15, 0.2) is 17.4 Å². The van der Waals surface area contributed by atoms with Crippen LogP contribution < -0.4 is 0 Å². The van der Waals surface area contributed by atoms with Gasteiger partial charge in [0.05, 0.1) is 5.56 Å². The van der Waals surface area contributed by atoms with Crippen molar-refractivity contribution in [2.24, 2.45) is 17.8 Å². The van der Waals surface area contributed by atoms with Crippen molar-refractivity contribution in [2.45, 2.75) is 51.9 Å². The number of ketones is 1. The summed E-state index contributed by atoms with van der Waals surface area (Å²) in [4.78, 5) is 12.5. The molecule has 21 heavy (non-hydrogen) atoms. The number of rotatable bonds is 3. The van der Waals surface area contributed by atoms with Gasteiger partial charge in [0, 0.05) is 5.92 Å². The van der Waals surface area contributed by atoms with E-state index in [-0.39, 0.29) is 17.3 Å². The highest BCUT2D eigenvalue weighted by molar-refractivity contribution is 6.02. The van der Waals surface area contributed by atoms with Gasteiger partial charge in [0.2, 0.25) is 0 Å². The predicted octanol–water partition coefficient (Wildman–Crippen LogP) is 4.93. The van der Waals surface area contributed by atoms with Crippen molar-refractivity contribution < 1.29 is 13.6 Å². The van der Waals surface area contributed by atoms with E-state index in [0.29, 0.717) is 17.9 Å². The van der Waals surface area contributed by atoms with Gasteiger partial charge in [-0.25, -0.2) is 8.78 Å². The molecular weight excluding hydrogens is 270 g/mol. The fourth-order valence-electron chi connectivity index (χ4n) is 4.21. The van der Waals surface area contributed by atoms with E-state index in [9.17, 15) is 13.6 Å². The lowest BCUT2D eigenvalue weighted by molar-refractivity contribution is 0.0847. The summed E-state index contributed by atoms with van der Waals surface area (Å²) in [5.74, 6) is -1.01. The largest absolute Gasteiger partial charge is 0.294 e. The molecule has 0 amide bonds. The minimum absolute atomic E-state index is 0.0238. The Kier molecular flexibility index (Phi) is 4.10. The molecule has 1 aromatic carbocycles. The predicted molar refractivity (Wildman–Crippen MR) is 78.2 cm³/mol. The number of halogens is 2. The molecule has 2 aliphatic rings. The maximum absolute atomic E-state index is 13.9. The summed E-state index contributed by atoms with van der Waals surface area (Å²) >= 11 is 0. The first kappa shape index (κ1) is 14.7. The van der Waals surface area contributed by atoms with E-state index in [1.807, 2.05) is 0 Å². The second-order valence-corrected chi connectivity index (χ2v) is 6.64. The number of fused-ring (bicyclic) bond motifs is 1. The average Bonchev–Trinajstić information content (AvgIpc) is 2.82. The van der Waals surface area contributed by atoms with Crippen molar-refractivity contribution in [2.75, 3.05) is 0 Å². The molecule has 1 atom stereocenters. The van der Waals surface area contributed by atoms with Gasteiger partial charge in [0.1, 0.15) is 0 Å². The monoisotopic (exact) mass is 292 g/mol. The van der Waals surface area contributed by atoms with Gasteiger partial charge in [-0.3, -0.25) is 4.79 Å². The van der Waals surface area contributed by atoms with Gasteiger partial charge in [-0.15, -0.1) is 0 Å². The fourth-order valence-corrected chi connectivity index (χ4v) is 4.21. The van der Waals surface area contributed by atoms with Crippen LogP contribution in [0, 0.1) is 29.4 Å². The van der Waals surface area contributed by atoms with E-state index in [2.05, 4.69) is 6.92 Å². The third kappa shape index (κ3) is 2.63. The first-order valence-electron chi connectivity index (χ1n) is 8.12. The fraction of sp³-hybridized carbons (Fsp3) is 0.611. The Balaban J connectivity index is 1.73. The summed E-state index contributed by atoms with van der Waals surface area (Å²) in [6.45, 7) is 2.21. The lowest BCUT2D eigenvalue weighted by Gasteiger charge is -2.31. The molecule has 0 N–H and O–H groups in total. The molecule has 0 heterocycles. The molecule has 1 nitrogen and oxygen atoms in total. The molecule has 0 saturated heterocycles. The third-order valence-electron chi connectivity index (χ3n) is 5.36. The van der Waals surface area contributed by atoms with E-state index >= 15 is 0 Å². The van der Waals surface area contributed by atoms with E-state index in [1.165, 1.54) is 25.7 Å². The molecule has 1 fully saturated rings. The van der Waals surface area contributed by atoms with Crippen LogP contribution >= 0.6 is 0 Å². The van der Waals surface area contributed by atoms with Crippen LogP contribution in [-0.2, 0) is 6.42 Å². The summed E-state index contributed by atoms with van der Waals surface area (Å²) in [7, 11) is 0. The Bertz CT molecular complexity index is 544. The number of hydrogen-bond acceptors (Lipinski definition) is 1. The van der Waals surface area contributed by atoms with Crippen molar-refractivity contribution >= 4 is 5.78 Å². The van der Waals surface area contributed by atoms with Crippen molar-refractivity contribution in [1.29, 1.82) is 0 Å². The van der Waals surface area contributed by atoms with Crippen LogP contribution in [-0.4, -0.2) is 5.78 Å². The molecule has 0 bridgehead atoms. The average molecular weight is 292 g/mol.